The maximum absolute atomic E-state index is 13.1. The molecular formula is C24H20ClF2N5O3. The summed E-state index contributed by atoms with van der Waals surface area (Å²) in [6.45, 7) is 1.80. The van der Waals surface area contributed by atoms with E-state index in [4.69, 9.17) is 11.6 Å². The second-order valence-electron chi connectivity index (χ2n) is 8.76. The van der Waals surface area contributed by atoms with Gasteiger partial charge in [0.25, 0.3) is 5.91 Å². The standard InChI is InChI=1S/C24H20ClF2N5O3/c1-23(34)8-17(9-23)32-13-30-20-7-14(6-19(21(20)32)15-10-28-12-29-11-15)22(33)31-16-2-4-18(5-3-16)35-24(25,26)27/h2-7,10-13,17,34H,8-9H2,1H3,(H,31,33). The van der Waals surface area contributed by atoms with Crippen molar-refractivity contribution in [3.05, 3.63) is 67.0 Å². The van der Waals surface area contributed by atoms with Gasteiger partial charge in [0.2, 0.25) is 0 Å². The number of rotatable bonds is 6. The average molecular weight is 500 g/mol. The highest BCUT2D eigenvalue weighted by molar-refractivity contribution is 6.20. The molecule has 35 heavy (non-hydrogen) atoms. The predicted molar refractivity (Wildman–Crippen MR) is 125 cm³/mol. The Labute approximate surface area is 203 Å². The zero-order valence-electron chi connectivity index (χ0n) is 18.5. The van der Waals surface area contributed by atoms with E-state index < -0.39 is 17.1 Å². The Morgan fingerprint density at radius 2 is 1.91 bits per heavy atom. The van der Waals surface area contributed by atoms with Gasteiger partial charge in [-0.25, -0.2) is 15.0 Å². The molecule has 8 nitrogen and oxygen atoms in total. The van der Waals surface area contributed by atoms with Gasteiger partial charge in [0.1, 0.15) is 12.1 Å². The van der Waals surface area contributed by atoms with Crippen molar-refractivity contribution in [2.45, 2.75) is 37.0 Å². The van der Waals surface area contributed by atoms with Crippen molar-refractivity contribution in [1.29, 1.82) is 0 Å². The molecule has 0 unspecified atom stereocenters. The number of anilines is 1. The molecule has 1 amide bonds. The minimum absolute atomic E-state index is 0.0826. The van der Waals surface area contributed by atoms with Gasteiger partial charge >= 0.3 is 5.57 Å². The monoisotopic (exact) mass is 499 g/mol. The summed E-state index contributed by atoms with van der Waals surface area (Å²) in [6, 6.07) is 8.90. The first kappa shape index (κ1) is 23.1. The number of fused-ring (bicyclic) bond motifs is 1. The Morgan fingerprint density at radius 1 is 1.23 bits per heavy atom. The highest BCUT2D eigenvalue weighted by Gasteiger charge is 2.40. The number of carbonyl (C=O) groups excluding carboxylic acids is 1. The Morgan fingerprint density at radius 3 is 2.54 bits per heavy atom. The lowest BCUT2D eigenvalue weighted by molar-refractivity contribution is -0.0964. The van der Waals surface area contributed by atoms with Crippen molar-refractivity contribution in [1.82, 2.24) is 19.5 Å². The number of carbonyl (C=O) groups is 1. The largest absolute Gasteiger partial charge is 0.487 e. The maximum atomic E-state index is 13.1. The first-order valence-corrected chi connectivity index (χ1v) is 11.1. The molecule has 1 fully saturated rings. The molecule has 1 aliphatic carbocycles. The first-order chi connectivity index (χ1) is 16.6. The number of hydrogen-bond acceptors (Lipinski definition) is 6. The summed E-state index contributed by atoms with van der Waals surface area (Å²) in [7, 11) is 0. The third-order valence-electron chi connectivity index (χ3n) is 5.89. The number of nitrogens with zero attached hydrogens (tertiary/aromatic N) is 4. The summed E-state index contributed by atoms with van der Waals surface area (Å²) in [5.41, 5.74) is -0.944. The van der Waals surface area contributed by atoms with Crippen LogP contribution in [-0.4, -0.2) is 41.7 Å². The highest BCUT2D eigenvalue weighted by Crippen LogP contribution is 2.43. The van der Waals surface area contributed by atoms with E-state index in [1.165, 1.54) is 30.6 Å². The molecule has 2 heterocycles. The fourth-order valence-corrected chi connectivity index (χ4v) is 4.42. The van der Waals surface area contributed by atoms with Crippen LogP contribution in [0.15, 0.2) is 61.4 Å². The van der Waals surface area contributed by atoms with Crippen molar-refractivity contribution >= 4 is 34.2 Å². The fraction of sp³-hybridized carbons (Fsp3) is 0.250. The third kappa shape index (κ3) is 4.94. The summed E-state index contributed by atoms with van der Waals surface area (Å²) in [5.74, 6) is -0.557. The van der Waals surface area contributed by atoms with E-state index in [-0.39, 0.29) is 11.8 Å². The van der Waals surface area contributed by atoms with Crippen LogP contribution >= 0.6 is 11.6 Å². The summed E-state index contributed by atoms with van der Waals surface area (Å²) in [4.78, 5) is 25.8. The molecule has 0 saturated heterocycles. The number of ether oxygens (including phenoxy) is 1. The lowest BCUT2D eigenvalue weighted by Crippen LogP contribution is -2.41. The molecule has 0 spiro atoms. The molecule has 0 aliphatic heterocycles. The number of aliphatic hydroxyl groups is 1. The van der Waals surface area contributed by atoms with E-state index >= 15 is 0 Å². The second-order valence-corrected chi connectivity index (χ2v) is 9.20. The Hall–Kier alpha value is -3.63. The lowest BCUT2D eigenvalue weighted by atomic mass is 9.77. The number of benzene rings is 2. The van der Waals surface area contributed by atoms with Crippen LogP contribution < -0.4 is 10.1 Å². The van der Waals surface area contributed by atoms with Gasteiger partial charge in [0.05, 0.1) is 23.0 Å². The van der Waals surface area contributed by atoms with E-state index in [0.29, 0.717) is 35.2 Å². The van der Waals surface area contributed by atoms with Gasteiger partial charge in [-0.15, -0.1) is 8.78 Å². The van der Waals surface area contributed by atoms with E-state index in [2.05, 4.69) is 25.0 Å². The topological polar surface area (TPSA) is 102 Å². The molecular weight excluding hydrogens is 480 g/mol. The number of amides is 1. The SMILES string of the molecule is CC1(O)CC(n2cnc3cc(C(=O)Nc4ccc(OC(F)(F)Cl)cc4)cc(-c4cncnc4)c32)C1. The van der Waals surface area contributed by atoms with Crippen molar-refractivity contribution in [3.8, 4) is 16.9 Å². The van der Waals surface area contributed by atoms with Crippen molar-refractivity contribution in [2.24, 2.45) is 0 Å². The smallest absolute Gasteiger partial charge is 0.420 e. The number of hydrogen-bond donors (Lipinski definition) is 2. The molecule has 4 aromatic rings. The molecule has 2 aromatic carbocycles. The summed E-state index contributed by atoms with van der Waals surface area (Å²) >= 11 is 4.78. The number of imidazole rings is 1. The molecule has 0 bridgehead atoms. The molecule has 2 N–H and O–H groups in total. The number of aromatic nitrogens is 4. The van der Waals surface area contributed by atoms with E-state index in [1.54, 1.807) is 37.8 Å². The lowest BCUT2D eigenvalue weighted by Gasteiger charge is -2.41. The van der Waals surface area contributed by atoms with Crippen molar-refractivity contribution < 1.29 is 23.4 Å². The van der Waals surface area contributed by atoms with Crippen LogP contribution in [0.3, 0.4) is 0 Å². The normalized spacial score (nSPS) is 19.9. The molecule has 0 radical (unpaired) electrons. The zero-order chi connectivity index (χ0) is 24.8. The van der Waals surface area contributed by atoms with Crippen LogP contribution in [0.1, 0.15) is 36.2 Å². The molecule has 1 aliphatic rings. The fourth-order valence-electron chi connectivity index (χ4n) is 4.33. The molecule has 2 aromatic heterocycles. The zero-order valence-corrected chi connectivity index (χ0v) is 19.2. The highest BCUT2D eigenvalue weighted by atomic mass is 35.5. The Bertz CT molecular complexity index is 1380. The number of nitrogens with one attached hydrogen (secondary N) is 1. The van der Waals surface area contributed by atoms with Gasteiger partial charge in [-0.05, 0) is 56.2 Å². The molecule has 1 saturated carbocycles. The van der Waals surface area contributed by atoms with Crippen LogP contribution in [-0.2, 0) is 0 Å². The minimum Gasteiger partial charge on any atom is -0.420 e. The van der Waals surface area contributed by atoms with Gasteiger partial charge in [0.15, 0.2) is 0 Å². The minimum atomic E-state index is -3.82. The Balaban J connectivity index is 1.47. The van der Waals surface area contributed by atoms with Gasteiger partial charge < -0.3 is 19.7 Å². The van der Waals surface area contributed by atoms with Crippen molar-refractivity contribution in [2.75, 3.05) is 5.32 Å². The molecule has 180 valence electrons. The van der Waals surface area contributed by atoms with Gasteiger partial charge in [-0.3, -0.25) is 4.79 Å². The average Bonchev–Trinajstić information content (AvgIpc) is 3.21. The van der Waals surface area contributed by atoms with Crippen LogP contribution in [0, 0.1) is 0 Å². The van der Waals surface area contributed by atoms with Gasteiger partial charge in [-0.1, -0.05) is 0 Å². The van der Waals surface area contributed by atoms with Crippen molar-refractivity contribution in [3.63, 3.8) is 0 Å². The second kappa shape index (κ2) is 8.54. The summed E-state index contributed by atoms with van der Waals surface area (Å²) in [5, 5.41) is 13.0. The number of alkyl halides is 3. The maximum Gasteiger partial charge on any atom is 0.487 e. The summed E-state index contributed by atoms with van der Waals surface area (Å²) in [6.07, 6.45) is 7.64. The van der Waals surface area contributed by atoms with Crippen LogP contribution in [0.2, 0.25) is 0 Å². The number of halogens is 3. The van der Waals surface area contributed by atoms with E-state index in [9.17, 15) is 18.7 Å². The van der Waals surface area contributed by atoms with Crippen LogP contribution in [0.5, 0.6) is 5.75 Å². The first-order valence-electron chi connectivity index (χ1n) is 10.7. The van der Waals surface area contributed by atoms with Gasteiger partial charge in [-0.2, -0.15) is 0 Å². The summed E-state index contributed by atoms with van der Waals surface area (Å²) < 4.78 is 31.9. The van der Waals surface area contributed by atoms with Gasteiger partial charge in [0, 0.05) is 52.4 Å². The molecule has 5 rings (SSSR count). The third-order valence-corrected chi connectivity index (χ3v) is 5.97. The Kier molecular flexibility index (Phi) is 5.65. The van der Waals surface area contributed by atoms with E-state index in [1.807, 2.05) is 4.57 Å². The molecule has 11 heteroatoms. The quantitative estimate of drug-likeness (QED) is 0.362. The predicted octanol–water partition coefficient (Wildman–Crippen LogP) is 5.00. The van der Waals surface area contributed by atoms with Crippen LogP contribution in [0.25, 0.3) is 22.2 Å². The van der Waals surface area contributed by atoms with Crippen LogP contribution in [0.4, 0.5) is 14.5 Å². The van der Waals surface area contributed by atoms with E-state index in [0.717, 1.165) is 11.1 Å². The molecule has 0 atom stereocenters.